The molecule has 0 heterocycles. The summed E-state index contributed by atoms with van der Waals surface area (Å²) in [5.41, 5.74) is 1.69. The van der Waals surface area contributed by atoms with Crippen LogP contribution in [0.2, 0.25) is 5.02 Å². The van der Waals surface area contributed by atoms with Crippen LogP contribution >= 0.6 is 11.6 Å². The standard InChI is InChI=1S/C14H17ClO/c1-9-8-12(15)6-7-13(9)14(16)10-2-3-11(14)5-4-10/h6-8,10-11,16H,2-5H2,1H3. The second-order valence-electron chi connectivity index (χ2n) is 5.33. The molecule has 16 heavy (non-hydrogen) atoms. The minimum absolute atomic E-state index is 0.470. The Bertz CT molecular complexity index is 407. The van der Waals surface area contributed by atoms with E-state index in [0.717, 1.165) is 16.1 Å². The summed E-state index contributed by atoms with van der Waals surface area (Å²) in [6.45, 7) is 2.05. The van der Waals surface area contributed by atoms with E-state index < -0.39 is 5.60 Å². The van der Waals surface area contributed by atoms with Crippen LogP contribution in [0.15, 0.2) is 18.2 Å². The maximum atomic E-state index is 11.0. The Morgan fingerprint density at radius 3 is 2.25 bits per heavy atom. The number of fused-ring (bicyclic) bond motifs is 2. The molecule has 0 radical (unpaired) electrons. The lowest BCUT2D eigenvalue weighted by Gasteiger charge is -2.30. The molecule has 86 valence electrons. The van der Waals surface area contributed by atoms with E-state index >= 15 is 0 Å². The van der Waals surface area contributed by atoms with Crippen molar-refractivity contribution in [2.24, 2.45) is 11.8 Å². The van der Waals surface area contributed by atoms with Gasteiger partial charge in [-0.05, 0) is 67.7 Å². The van der Waals surface area contributed by atoms with Crippen molar-refractivity contribution in [3.8, 4) is 0 Å². The number of halogens is 1. The van der Waals surface area contributed by atoms with E-state index in [4.69, 9.17) is 11.6 Å². The van der Waals surface area contributed by atoms with Crippen LogP contribution < -0.4 is 0 Å². The van der Waals surface area contributed by atoms with Crippen LogP contribution in [-0.4, -0.2) is 5.11 Å². The zero-order valence-electron chi connectivity index (χ0n) is 9.54. The molecule has 0 saturated heterocycles. The minimum atomic E-state index is -0.561. The zero-order valence-corrected chi connectivity index (χ0v) is 10.3. The van der Waals surface area contributed by atoms with E-state index in [9.17, 15) is 5.11 Å². The molecule has 2 saturated carbocycles. The first-order chi connectivity index (χ1) is 7.62. The van der Waals surface area contributed by atoms with Crippen molar-refractivity contribution in [1.82, 2.24) is 0 Å². The third-order valence-corrected chi connectivity index (χ3v) is 4.83. The van der Waals surface area contributed by atoms with Crippen molar-refractivity contribution in [3.63, 3.8) is 0 Å². The lowest BCUT2D eigenvalue weighted by Crippen LogP contribution is -2.31. The van der Waals surface area contributed by atoms with Crippen LogP contribution in [0.25, 0.3) is 0 Å². The van der Waals surface area contributed by atoms with Gasteiger partial charge in [0.25, 0.3) is 0 Å². The molecule has 1 aromatic carbocycles. The van der Waals surface area contributed by atoms with Gasteiger partial charge >= 0.3 is 0 Å². The minimum Gasteiger partial charge on any atom is -0.385 e. The molecule has 0 atom stereocenters. The largest absolute Gasteiger partial charge is 0.385 e. The molecule has 2 heteroatoms. The molecule has 0 unspecified atom stereocenters. The zero-order chi connectivity index (χ0) is 11.3. The Morgan fingerprint density at radius 1 is 1.19 bits per heavy atom. The molecule has 1 aromatic rings. The lowest BCUT2D eigenvalue weighted by atomic mass is 9.82. The fraction of sp³-hybridized carbons (Fsp3) is 0.571. The summed E-state index contributed by atoms with van der Waals surface area (Å²) >= 11 is 5.98. The molecule has 2 aliphatic rings. The number of aryl methyl sites for hydroxylation is 1. The molecule has 2 fully saturated rings. The molecule has 2 bridgehead atoms. The smallest absolute Gasteiger partial charge is 0.0955 e. The third-order valence-electron chi connectivity index (χ3n) is 4.59. The molecule has 2 aliphatic carbocycles. The van der Waals surface area contributed by atoms with Crippen LogP contribution in [0, 0.1) is 18.8 Å². The second-order valence-corrected chi connectivity index (χ2v) is 5.77. The number of hydrogen-bond donors (Lipinski definition) is 1. The van der Waals surface area contributed by atoms with E-state index in [1.165, 1.54) is 25.7 Å². The van der Waals surface area contributed by atoms with Gasteiger partial charge in [-0.3, -0.25) is 0 Å². The summed E-state index contributed by atoms with van der Waals surface area (Å²) < 4.78 is 0. The molecular formula is C14H17ClO. The van der Waals surface area contributed by atoms with Gasteiger partial charge in [-0.1, -0.05) is 17.7 Å². The van der Waals surface area contributed by atoms with Gasteiger partial charge in [0, 0.05) is 5.02 Å². The first kappa shape index (κ1) is 10.6. The predicted molar refractivity (Wildman–Crippen MR) is 65.5 cm³/mol. The van der Waals surface area contributed by atoms with Crippen molar-refractivity contribution < 1.29 is 5.11 Å². The molecule has 1 nitrogen and oxygen atoms in total. The molecule has 0 aliphatic heterocycles. The van der Waals surface area contributed by atoms with Gasteiger partial charge < -0.3 is 5.11 Å². The van der Waals surface area contributed by atoms with Gasteiger partial charge in [0.2, 0.25) is 0 Å². The molecular weight excluding hydrogens is 220 g/mol. The van der Waals surface area contributed by atoms with Crippen LogP contribution in [-0.2, 0) is 5.60 Å². The second kappa shape index (κ2) is 3.48. The first-order valence-corrected chi connectivity index (χ1v) is 6.49. The fourth-order valence-electron chi connectivity index (χ4n) is 3.82. The molecule has 0 aromatic heterocycles. The molecule has 3 rings (SSSR count). The molecule has 1 N–H and O–H groups in total. The Kier molecular flexibility index (Phi) is 2.31. The number of aliphatic hydroxyl groups is 1. The van der Waals surface area contributed by atoms with Gasteiger partial charge in [0.15, 0.2) is 0 Å². The van der Waals surface area contributed by atoms with Gasteiger partial charge in [-0.15, -0.1) is 0 Å². The summed E-state index contributed by atoms with van der Waals surface area (Å²) in [6.07, 6.45) is 4.74. The monoisotopic (exact) mass is 236 g/mol. The lowest BCUT2D eigenvalue weighted by molar-refractivity contribution is -0.0108. The quantitative estimate of drug-likeness (QED) is 0.789. The maximum absolute atomic E-state index is 11.0. The van der Waals surface area contributed by atoms with Crippen molar-refractivity contribution in [2.45, 2.75) is 38.2 Å². The van der Waals surface area contributed by atoms with Crippen molar-refractivity contribution in [1.29, 1.82) is 0 Å². The van der Waals surface area contributed by atoms with Crippen LogP contribution in [0.5, 0.6) is 0 Å². The SMILES string of the molecule is Cc1cc(Cl)ccc1C1(O)C2CCC1CC2. The predicted octanol–water partition coefficient (Wildman–Crippen LogP) is 3.66. The first-order valence-electron chi connectivity index (χ1n) is 6.11. The van der Waals surface area contributed by atoms with Gasteiger partial charge in [-0.25, -0.2) is 0 Å². The topological polar surface area (TPSA) is 20.2 Å². The van der Waals surface area contributed by atoms with Gasteiger partial charge in [0.1, 0.15) is 0 Å². The highest BCUT2D eigenvalue weighted by Gasteiger charge is 2.54. The van der Waals surface area contributed by atoms with E-state index in [2.05, 4.69) is 6.92 Å². The normalized spacial score (nSPS) is 36.9. The summed E-state index contributed by atoms with van der Waals surface area (Å²) in [6, 6.07) is 5.89. The van der Waals surface area contributed by atoms with Crippen molar-refractivity contribution in [3.05, 3.63) is 34.3 Å². The summed E-state index contributed by atoms with van der Waals surface area (Å²) in [7, 11) is 0. The number of benzene rings is 1. The highest BCUT2D eigenvalue weighted by atomic mass is 35.5. The number of hydrogen-bond acceptors (Lipinski definition) is 1. The molecule has 0 amide bonds. The Balaban J connectivity index is 2.09. The Labute approximate surface area is 101 Å². The average Bonchev–Trinajstić information content (AvgIpc) is 2.73. The summed E-state index contributed by atoms with van der Waals surface area (Å²) in [5.74, 6) is 0.940. The van der Waals surface area contributed by atoms with Gasteiger partial charge in [0.05, 0.1) is 5.60 Å². The van der Waals surface area contributed by atoms with Crippen LogP contribution in [0.4, 0.5) is 0 Å². The highest BCUT2D eigenvalue weighted by Crippen LogP contribution is 2.57. The van der Waals surface area contributed by atoms with E-state index in [0.29, 0.717) is 11.8 Å². The van der Waals surface area contributed by atoms with Crippen molar-refractivity contribution >= 4 is 11.6 Å². The van der Waals surface area contributed by atoms with Crippen LogP contribution in [0.3, 0.4) is 0 Å². The summed E-state index contributed by atoms with van der Waals surface area (Å²) in [4.78, 5) is 0. The van der Waals surface area contributed by atoms with E-state index in [-0.39, 0.29) is 0 Å². The Morgan fingerprint density at radius 2 is 1.75 bits per heavy atom. The fourth-order valence-corrected chi connectivity index (χ4v) is 4.05. The van der Waals surface area contributed by atoms with Crippen molar-refractivity contribution in [2.75, 3.05) is 0 Å². The van der Waals surface area contributed by atoms with Crippen LogP contribution in [0.1, 0.15) is 36.8 Å². The summed E-state index contributed by atoms with van der Waals surface area (Å²) in [5, 5.41) is 11.8. The highest BCUT2D eigenvalue weighted by molar-refractivity contribution is 6.30. The molecule has 0 spiro atoms. The van der Waals surface area contributed by atoms with E-state index in [1.54, 1.807) is 0 Å². The van der Waals surface area contributed by atoms with Gasteiger partial charge in [-0.2, -0.15) is 0 Å². The third kappa shape index (κ3) is 1.28. The average molecular weight is 237 g/mol. The van der Waals surface area contributed by atoms with E-state index in [1.807, 2.05) is 18.2 Å². The maximum Gasteiger partial charge on any atom is 0.0955 e. The Hall–Kier alpha value is -0.530. The number of rotatable bonds is 1.